The smallest absolute Gasteiger partial charge is 0.269 e. The first-order valence-corrected chi connectivity index (χ1v) is 24.3. The van der Waals surface area contributed by atoms with E-state index in [1.54, 1.807) is 0 Å². The molecule has 0 atom stereocenters. The highest BCUT2D eigenvalue weighted by atomic mass is 16.5. The van der Waals surface area contributed by atoms with E-state index in [9.17, 15) is 0 Å². The van der Waals surface area contributed by atoms with Crippen molar-refractivity contribution in [3.8, 4) is 56.6 Å². The van der Waals surface area contributed by atoms with Crippen molar-refractivity contribution in [1.82, 2.24) is 18.7 Å². The van der Waals surface area contributed by atoms with E-state index in [2.05, 4.69) is 264 Å². The number of fused-ring (bicyclic) bond motifs is 7. The molecule has 340 valence electrons. The van der Waals surface area contributed by atoms with Gasteiger partial charge in [-0.3, -0.25) is 13.7 Å². The van der Waals surface area contributed by atoms with Crippen LogP contribution in [-0.2, 0) is 6.42 Å². The average Bonchev–Trinajstić information content (AvgIpc) is 4.07. The van der Waals surface area contributed by atoms with Gasteiger partial charge < -0.3 is 9.30 Å². The Morgan fingerprint density at radius 3 is 1.73 bits per heavy atom. The second-order valence-corrected chi connectivity index (χ2v) is 19.6. The maximum atomic E-state index is 7.16. The Hall–Kier alpha value is -9.00. The molecule has 0 N–H and O–H groups in total. The van der Waals surface area contributed by atoms with Crippen LogP contribution in [0, 0.1) is 11.7 Å². The number of para-hydroxylation sites is 6. The molecule has 0 aliphatic heterocycles. The zero-order valence-corrected chi connectivity index (χ0v) is 39.8. The number of ether oxygens (including phenoxy) is 1. The number of rotatable bonds is 9. The lowest BCUT2D eigenvalue weighted by Crippen LogP contribution is -2.31. The van der Waals surface area contributed by atoms with Crippen molar-refractivity contribution in [3.63, 3.8) is 0 Å². The van der Waals surface area contributed by atoms with Crippen LogP contribution < -0.4 is 9.30 Å². The van der Waals surface area contributed by atoms with Gasteiger partial charge in [0.05, 0.1) is 50.2 Å². The van der Waals surface area contributed by atoms with Crippen molar-refractivity contribution in [3.05, 3.63) is 243 Å². The number of nitrogens with zero attached hydrogens (tertiary/aromatic N) is 5. The fraction of sp³-hybridized carbons (Fsp3) is 0.0769. The molecule has 71 heavy (non-hydrogen) atoms. The summed E-state index contributed by atoms with van der Waals surface area (Å²) in [7, 11) is 0. The quantitative estimate of drug-likeness (QED) is 0.107. The number of benzene rings is 9. The summed E-state index contributed by atoms with van der Waals surface area (Å²) in [5.41, 5.74) is 15.3. The summed E-state index contributed by atoms with van der Waals surface area (Å²) in [5.74, 6) is 2.29. The molecule has 0 bridgehead atoms. The summed E-state index contributed by atoms with van der Waals surface area (Å²) in [6.45, 7) is 6.85. The minimum Gasteiger partial charge on any atom is -0.458 e. The van der Waals surface area contributed by atoms with E-state index < -0.39 is 0 Å². The van der Waals surface area contributed by atoms with E-state index in [0.717, 1.165) is 95.4 Å². The van der Waals surface area contributed by atoms with E-state index in [0.29, 0.717) is 11.5 Å². The third kappa shape index (κ3) is 7.35. The largest absolute Gasteiger partial charge is 0.458 e. The van der Waals surface area contributed by atoms with E-state index in [-0.39, 0.29) is 5.41 Å². The molecular weight excluding hydrogens is 867 g/mol. The van der Waals surface area contributed by atoms with Crippen molar-refractivity contribution in [2.75, 3.05) is 0 Å². The molecule has 4 heterocycles. The molecule has 0 aliphatic rings. The van der Waals surface area contributed by atoms with Gasteiger partial charge in [-0.05, 0) is 88.2 Å². The molecule has 0 saturated heterocycles. The molecule has 0 saturated carbocycles. The third-order valence-electron chi connectivity index (χ3n) is 13.6. The third-order valence-corrected chi connectivity index (χ3v) is 13.6. The van der Waals surface area contributed by atoms with Gasteiger partial charge >= 0.3 is 0 Å². The van der Waals surface area contributed by atoms with Crippen LogP contribution in [0.2, 0.25) is 0 Å². The second-order valence-electron chi connectivity index (χ2n) is 19.6. The topological polar surface area (TPSA) is 40.8 Å². The predicted molar refractivity (Wildman–Crippen MR) is 291 cm³/mol. The molecule has 9 aromatic carbocycles. The summed E-state index contributed by atoms with van der Waals surface area (Å²) in [6, 6.07) is 79.6. The van der Waals surface area contributed by atoms with Crippen molar-refractivity contribution in [2.45, 2.75) is 27.2 Å². The summed E-state index contributed by atoms with van der Waals surface area (Å²) in [6.07, 6.45) is 6.72. The fourth-order valence-electron chi connectivity index (χ4n) is 10.7. The molecule has 6 nitrogen and oxygen atoms in total. The Morgan fingerprint density at radius 2 is 1.07 bits per heavy atom. The first kappa shape index (κ1) is 42.1. The fourth-order valence-corrected chi connectivity index (χ4v) is 10.7. The van der Waals surface area contributed by atoms with Gasteiger partial charge in [0.15, 0.2) is 0 Å². The minimum atomic E-state index is 0.113. The lowest BCUT2D eigenvalue weighted by Gasteiger charge is -2.19. The Morgan fingerprint density at radius 1 is 0.493 bits per heavy atom. The van der Waals surface area contributed by atoms with Gasteiger partial charge in [0.25, 0.3) is 6.33 Å². The van der Waals surface area contributed by atoms with Gasteiger partial charge in [0.1, 0.15) is 17.3 Å². The van der Waals surface area contributed by atoms with Gasteiger partial charge in [-0.25, -0.2) is 4.98 Å². The number of imidazole rings is 1. The molecule has 13 rings (SSSR count). The van der Waals surface area contributed by atoms with Crippen LogP contribution in [0.4, 0.5) is 0 Å². The molecule has 0 spiro atoms. The Labute approximate surface area is 412 Å². The molecule has 0 aliphatic carbocycles. The molecule has 0 radical (unpaired) electrons. The van der Waals surface area contributed by atoms with Crippen LogP contribution >= 0.6 is 0 Å². The van der Waals surface area contributed by atoms with Gasteiger partial charge in [-0.1, -0.05) is 185 Å². The van der Waals surface area contributed by atoms with Crippen molar-refractivity contribution < 1.29 is 9.30 Å². The standard InChI is InChI=1S/C65H49N5O/c1-65(2,3)42-44-36-37-66-62(38-44)70-57-33-15-12-28-54(57)63-60(69-55-31-13-10-26-52(55)53-27-11-14-32-56(53)69)40-49(41-61(63)70)71-48-25-18-24-47(39-48)67-43-68(59-35-17-16-34-58(59)67)64-50(45-20-6-4-7-21-45)29-19-30-51(64)46-22-8-5-9-23-46/h4-41H,42H2,1-3H3. The lowest BCUT2D eigenvalue weighted by molar-refractivity contribution is -0.571. The Bertz CT molecular complexity index is 4040. The lowest BCUT2D eigenvalue weighted by atomic mass is 9.88. The van der Waals surface area contributed by atoms with Crippen molar-refractivity contribution >= 4 is 54.6 Å². The van der Waals surface area contributed by atoms with Crippen LogP contribution in [0.5, 0.6) is 11.5 Å². The van der Waals surface area contributed by atoms with E-state index in [4.69, 9.17) is 9.72 Å². The van der Waals surface area contributed by atoms with Crippen molar-refractivity contribution in [2.24, 2.45) is 5.41 Å². The summed E-state index contributed by atoms with van der Waals surface area (Å²) >= 11 is 0. The van der Waals surface area contributed by atoms with E-state index in [1.807, 2.05) is 12.3 Å². The van der Waals surface area contributed by atoms with Crippen LogP contribution in [0.15, 0.2) is 231 Å². The summed E-state index contributed by atoms with van der Waals surface area (Å²) in [5, 5.41) is 4.67. The zero-order valence-electron chi connectivity index (χ0n) is 39.8. The number of aromatic nitrogens is 5. The molecule has 0 amide bonds. The molecule has 0 unspecified atom stereocenters. The van der Waals surface area contributed by atoms with Crippen LogP contribution in [0.25, 0.3) is 99.8 Å². The van der Waals surface area contributed by atoms with E-state index >= 15 is 0 Å². The SMILES string of the molecule is CC(C)(C)Cc1ccnc(-n2c3ccccc3c3c(-n4c5ccccc5c5ccccc54)cc(Oc4cccc(-n5[c-][n+](-c6c(-c7ccccc7)cccc6-c6ccccc6)c6ccccc65)c4)cc32)c1. The minimum absolute atomic E-state index is 0.113. The van der Waals surface area contributed by atoms with Crippen LogP contribution in [-0.4, -0.2) is 18.7 Å². The highest BCUT2D eigenvalue weighted by Crippen LogP contribution is 2.43. The van der Waals surface area contributed by atoms with Gasteiger partial charge in [-0.2, -0.15) is 0 Å². The maximum Gasteiger partial charge on any atom is 0.269 e. The number of hydrogen-bond donors (Lipinski definition) is 0. The Kier molecular flexibility index (Phi) is 10.0. The highest BCUT2D eigenvalue weighted by molar-refractivity contribution is 6.16. The molecular formula is C65H49N5O. The second kappa shape index (κ2) is 16.9. The summed E-state index contributed by atoms with van der Waals surface area (Å²) in [4.78, 5) is 5.06. The van der Waals surface area contributed by atoms with E-state index in [1.165, 1.54) is 16.3 Å². The van der Waals surface area contributed by atoms with Crippen LogP contribution in [0.3, 0.4) is 0 Å². The zero-order chi connectivity index (χ0) is 47.6. The molecule has 6 heteroatoms. The van der Waals surface area contributed by atoms with Gasteiger partial charge in [-0.15, -0.1) is 0 Å². The predicted octanol–water partition coefficient (Wildman–Crippen LogP) is 16.0. The van der Waals surface area contributed by atoms with Gasteiger partial charge in [0.2, 0.25) is 0 Å². The van der Waals surface area contributed by atoms with Gasteiger partial charge in [0, 0.05) is 39.9 Å². The Balaban J connectivity index is 1.01. The van der Waals surface area contributed by atoms with Crippen molar-refractivity contribution in [1.29, 1.82) is 0 Å². The molecule has 0 fully saturated rings. The average molecular weight is 916 g/mol. The first-order valence-electron chi connectivity index (χ1n) is 24.3. The monoisotopic (exact) mass is 915 g/mol. The molecule has 4 aromatic heterocycles. The maximum absolute atomic E-state index is 7.16. The molecule has 13 aromatic rings. The normalized spacial score (nSPS) is 11.9. The summed E-state index contributed by atoms with van der Waals surface area (Å²) < 4.78 is 16.3. The first-order chi connectivity index (χ1) is 34.8. The number of hydrogen-bond acceptors (Lipinski definition) is 2. The van der Waals surface area contributed by atoms with Crippen LogP contribution in [0.1, 0.15) is 26.3 Å². The highest BCUT2D eigenvalue weighted by Gasteiger charge is 2.24. The number of pyridine rings is 1.